The molecule has 0 atom stereocenters. The van der Waals surface area contributed by atoms with Gasteiger partial charge in [-0.05, 0) is 33.2 Å². The third kappa shape index (κ3) is 5.88. The third-order valence-electron chi connectivity index (χ3n) is 3.12. The Kier molecular flexibility index (Phi) is 6.96. The SMILES string of the molecule is CC(C)C(=O)N(CCCN)CCC(C)(C)S(=O)(=O)O. The van der Waals surface area contributed by atoms with Crippen LogP contribution in [-0.2, 0) is 14.9 Å². The van der Waals surface area contributed by atoms with Crippen molar-refractivity contribution >= 4 is 16.0 Å². The highest BCUT2D eigenvalue weighted by atomic mass is 32.2. The summed E-state index contributed by atoms with van der Waals surface area (Å²) >= 11 is 0. The highest BCUT2D eigenvalue weighted by Crippen LogP contribution is 2.20. The summed E-state index contributed by atoms with van der Waals surface area (Å²) in [5, 5.41) is 0. The molecule has 1 amide bonds. The second-order valence-electron chi connectivity index (χ2n) is 5.61. The lowest BCUT2D eigenvalue weighted by atomic mass is 10.1. The zero-order chi connectivity index (χ0) is 15.3. The van der Waals surface area contributed by atoms with Gasteiger partial charge in [0, 0.05) is 19.0 Å². The van der Waals surface area contributed by atoms with Crippen molar-refractivity contribution in [2.24, 2.45) is 11.7 Å². The molecule has 0 saturated carbocycles. The molecule has 0 spiro atoms. The van der Waals surface area contributed by atoms with E-state index < -0.39 is 14.9 Å². The van der Waals surface area contributed by atoms with E-state index in [9.17, 15) is 13.2 Å². The third-order valence-corrected chi connectivity index (χ3v) is 4.72. The number of carbonyl (C=O) groups is 1. The van der Waals surface area contributed by atoms with Crippen LogP contribution in [0.1, 0.15) is 40.5 Å². The molecule has 0 heterocycles. The van der Waals surface area contributed by atoms with Crippen LogP contribution < -0.4 is 5.73 Å². The average molecular weight is 294 g/mol. The molecule has 3 N–H and O–H groups in total. The molecule has 0 aliphatic carbocycles. The normalized spacial score (nSPS) is 12.8. The molecule has 0 saturated heterocycles. The Hall–Kier alpha value is -0.660. The van der Waals surface area contributed by atoms with Crippen molar-refractivity contribution in [1.82, 2.24) is 4.90 Å². The van der Waals surface area contributed by atoms with Gasteiger partial charge in [-0.1, -0.05) is 13.8 Å². The molecule has 0 bridgehead atoms. The van der Waals surface area contributed by atoms with Crippen LogP contribution in [0, 0.1) is 5.92 Å². The summed E-state index contributed by atoms with van der Waals surface area (Å²) in [6.07, 6.45) is 0.861. The van der Waals surface area contributed by atoms with Crippen LogP contribution in [0.3, 0.4) is 0 Å². The van der Waals surface area contributed by atoms with E-state index >= 15 is 0 Å². The van der Waals surface area contributed by atoms with Crippen LogP contribution in [0.4, 0.5) is 0 Å². The Morgan fingerprint density at radius 1 is 1.32 bits per heavy atom. The minimum atomic E-state index is -4.13. The predicted octanol–water partition coefficient (Wildman–Crippen LogP) is 0.876. The molecule has 0 radical (unpaired) electrons. The molecule has 0 aromatic carbocycles. The Morgan fingerprint density at radius 2 is 1.84 bits per heavy atom. The quantitative estimate of drug-likeness (QED) is 0.647. The highest BCUT2D eigenvalue weighted by Gasteiger charge is 2.33. The van der Waals surface area contributed by atoms with Gasteiger partial charge in [-0.25, -0.2) is 0 Å². The van der Waals surface area contributed by atoms with Crippen molar-refractivity contribution in [3.63, 3.8) is 0 Å². The molecule has 0 aromatic rings. The molecule has 0 rings (SSSR count). The molecule has 114 valence electrons. The molecular weight excluding hydrogens is 268 g/mol. The van der Waals surface area contributed by atoms with Crippen LogP contribution in [0.15, 0.2) is 0 Å². The molecule has 0 fully saturated rings. The van der Waals surface area contributed by atoms with Gasteiger partial charge in [-0.3, -0.25) is 9.35 Å². The first-order chi connectivity index (χ1) is 8.53. The lowest BCUT2D eigenvalue weighted by Crippen LogP contribution is -2.41. The van der Waals surface area contributed by atoms with Crippen molar-refractivity contribution in [2.75, 3.05) is 19.6 Å². The Balaban J connectivity index is 4.71. The summed E-state index contributed by atoms with van der Waals surface area (Å²) in [4.78, 5) is 13.6. The van der Waals surface area contributed by atoms with E-state index in [0.29, 0.717) is 26.1 Å². The maximum Gasteiger partial charge on any atom is 0.270 e. The Morgan fingerprint density at radius 3 is 2.21 bits per heavy atom. The van der Waals surface area contributed by atoms with Gasteiger partial charge in [-0.15, -0.1) is 0 Å². The van der Waals surface area contributed by atoms with E-state index in [1.54, 1.807) is 18.7 Å². The van der Waals surface area contributed by atoms with Gasteiger partial charge in [-0.2, -0.15) is 8.42 Å². The maximum absolute atomic E-state index is 12.0. The minimum Gasteiger partial charge on any atom is -0.342 e. The monoisotopic (exact) mass is 294 g/mol. The van der Waals surface area contributed by atoms with Crippen LogP contribution >= 0.6 is 0 Å². The summed E-state index contributed by atoms with van der Waals surface area (Å²) < 4.78 is 30.3. The molecule has 19 heavy (non-hydrogen) atoms. The van der Waals surface area contributed by atoms with Gasteiger partial charge < -0.3 is 10.6 Å². The van der Waals surface area contributed by atoms with E-state index in [-0.39, 0.29) is 18.2 Å². The van der Waals surface area contributed by atoms with Gasteiger partial charge in [0.25, 0.3) is 10.1 Å². The van der Waals surface area contributed by atoms with Crippen LogP contribution in [-0.4, -0.2) is 48.2 Å². The molecule has 7 heteroatoms. The van der Waals surface area contributed by atoms with Gasteiger partial charge in [0.15, 0.2) is 0 Å². The number of hydrogen-bond acceptors (Lipinski definition) is 4. The summed E-state index contributed by atoms with van der Waals surface area (Å²) in [5.41, 5.74) is 5.43. The van der Waals surface area contributed by atoms with Gasteiger partial charge in [0.05, 0.1) is 4.75 Å². The first-order valence-corrected chi connectivity index (χ1v) is 7.93. The summed E-state index contributed by atoms with van der Waals surface area (Å²) in [6, 6.07) is 0. The van der Waals surface area contributed by atoms with Gasteiger partial charge in [0.1, 0.15) is 0 Å². The average Bonchev–Trinajstić information content (AvgIpc) is 2.26. The van der Waals surface area contributed by atoms with E-state index in [2.05, 4.69) is 0 Å². The van der Waals surface area contributed by atoms with Gasteiger partial charge in [0.2, 0.25) is 5.91 Å². The van der Waals surface area contributed by atoms with E-state index in [4.69, 9.17) is 10.3 Å². The molecule has 6 nitrogen and oxygen atoms in total. The lowest BCUT2D eigenvalue weighted by Gasteiger charge is -2.28. The van der Waals surface area contributed by atoms with Crippen LogP contribution in [0.25, 0.3) is 0 Å². The zero-order valence-corrected chi connectivity index (χ0v) is 13.0. The topological polar surface area (TPSA) is 101 Å². The van der Waals surface area contributed by atoms with Crippen molar-refractivity contribution in [3.8, 4) is 0 Å². The number of nitrogens with zero attached hydrogens (tertiary/aromatic N) is 1. The molecular formula is C12H26N2O4S. The Labute approximate surface area is 116 Å². The predicted molar refractivity (Wildman–Crippen MR) is 75.3 cm³/mol. The summed E-state index contributed by atoms with van der Waals surface area (Å²) in [5.74, 6) is -0.175. The van der Waals surface area contributed by atoms with Crippen molar-refractivity contribution in [1.29, 1.82) is 0 Å². The first kappa shape index (κ1) is 18.3. The summed E-state index contributed by atoms with van der Waals surface area (Å²) in [6.45, 7) is 7.77. The number of carbonyl (C=O) groups excluding carboxylic acids is 1. The Bertz CT molecular complexity index is 391. The lowest BCUT2D eigenvalue weighted by molar-refractivity contribution is -0.134. The first-order valence-electron chi connectivity index (χ1n) is 6.49. The molecule has 0 unspecified atom stereocenters. The number of hydrogen-bond donors (Lipinski definition) is 2. The van der Waals surface area contributed by atoms with Gasteiger partial charge >= 0.3 is 0 Å². The molecule has 0 aliphatic heterocycles. The summed E-state index contributed by atoms with van der Waals surface area (Å²) in [7, 11) is -4.13. The van der Waals surface area contributed by atoms with Crippen LogP contribution in [0.2, 0.25) is 0 Å². The van der Waals surface area contributed by atoms with Crippen molar-refractivity contribution in [3.05, 3.63) is 0 Å². The van der Waals surface area contributed by atoms with E-state index in [0.717, 1.165) is 0 Å². The second kappa shape index (κ2) is 7.21. The van der Waals surface area contributed by atoms with E-state index in [1.807, 2.05) is 0 Å². The molecule has 0 aliphatic rings. The fourth-order valence-corrected chi connectivity index (χ4v) is 1.86. The minimum absolute atomic E-state index is 0.0282. The largest absolute Gasteiger partial charge is 0.342 e. The van der Waals surface area contributed by atoms with Crippen molar-refractivity contribution in [2.45, 2.75) is 45.3 Å². The van der Waals surface area contributed by atoms with E-state index in [1.165, 1.54) is 13.8 Å². The maximum atomic E-state index is 12.0. The second-order valence-corrected chi connectivity index (χ2v) is 7.66. The smallest absolute Gasteiger partial charge is 0.270 e. The highest BCUT2D eigenvalue weighted by molar-refractivity contribution is 7.87. The number of amides is 1. The van der Waals surface area contributed by atoms with Crippen molar-refractivity contribution < 1.29 is 17.8 Å². The van der Waals surface area contributed by atoms with Crippen LogP contribution in [0.5, 0.6) is 0 Å². The standard InChI is InChI=1S/C12H26N2O4S/c1-10(2)11(15)14(8-5-7-13)9-6-12(3,4)19(16,17)18/h10H,5-9,13H2,1-4H3,(H,16,17,18). The number of rotatable bonds is 8. The number of nitrogens with two attached hydrogens (primary N) is 1. The molecule has 0 aromatic heterocycles. The zero-order valence-electron chi connectivity index (χ0n) is 12.2. The fraction of sp³-hybridized carbons (Fsp3) is 0.917. The fourth-order valence-electron chi connectivity index (χ4n) is 1.51.